The fourth-order valence-corrected chi connectivity index (χ4v) is 1.58. The van der Waals surface area contributed by atoms with Crippen LogP contribution in [0.15, 0.2) is 24.3 Å². The zero-order chi connectivity index (χ0) is 14.5. The molecule has 1 fully saturated rings. The summed E-state index contributed by atoms with van der Waals surface area (Å²) in [6.45, 7) is 1.25. The highest BCUT2D eigenvalue weighted by atomic mass is 16.6. The first-order chi connectivity index (χ1) is 9.56. The molecule has 1 aliphatic rings. The van der Waals surface area contributed by atoms with Crippen molar-refractivity contribution < 1.29 is 19.1 Å². The van der Waals surface area contributed by atoms with Crippen molar-refractivity contribution >= 4 is 17.6 Å². The summed E-state index contributed by atoms with van der Waals surface area (Å²) in [5.41, 5.74) is 6.12. The molecule has 6 heteroatoms. The van der Waals surface area contributed by atoms with Crippen LogP contribution in [0.1, 0.15) is 19.8 Å². The summed E-state index contributed by atoms with van der Waals surface area (Å²) in [6, 6.07) is 7.09. The zero-order valence-corrected chi connectivity index (χ0v) is 11.3. The van der Waals surface area contributed by atoms with Crippen molar-refractivity contribution in [2.75, 3.05) is 12.3 Å². The number of benzene rings is 1. The Morgan fingerprint density at radius 1 is 1.40 bits per heavy atom. The van der Waals surface area contributed by atoms with Crippen molar-refractivity contribution in [1.82, 2.24) is 5.32 Å². The highest BCUT2D eigenvalue weighted by Gasteiger charge is 2.27. The Bertz CT molecular complexity index is 500. The third-order valence-electron chi connectivity index (χ3n) is 2.87. The van der Waals surface area contributed by atoms with E-state index in [9.17, 15) is 9.59 Å². The van der Waals surface area contributed by atoms with Crippen LogP contribution in [0.4, 0.5) is 5.69 Å². The number of anilines is 1. The van der Waals surface area contributed by atoms with Gasteiger partial charge in [-0.05, 0) is 31.9 Å². The Balaban J connectivity index is 1.74. The summed E-state index contributed by atoms with van der Waals surface area (Å²) in [5, 5.41) is 2.76. The molecular formula is C14H18N2O4. The van der Waals surface area contributed by atoms with Crippen LogP contribution in [0.3, 0.4) is 0 Å². The van der Waals surface area contributed by atoms with E-state index < -0.39 is 12.1 Å². The summed E-state index contributed by atoms with van der Waals surface area (Å²) in [5.74, 6) is -0.466. The molecule has 0 spiro atoms. The maximum Gasteiger partial charge on any atom is 0.344 e. The molecule has 1 unspecified atom stereocenters. The van der Waals surface area contributed by atoms with Gasteiger partial charge in [-0.1, -0.05) is 12.1 Å². The monoisotopic (exact) mass is 278 g/mol. The van der Waals surface area contributed by atoms with Crippen molar-refractivity contribution in [3.05, 3.63) is 24.3 Å². The van der Waals surface area contributed by atoms with Crippen LogP contribution in [0.5, 0.6) is 5.75 Å². The van der Waals surface area contributed by atoms with Gasteiger partial charge in [-0.2, -0.15) is 0 Å². The van der Waals surface area contributed by atoms with E-state index in [1.807, 2.05) is 0 Å². The van der Waals surface area contributed by atoms with E-state index in [1.54, 1.807) is 24.3 Å². The van der Waals surface area contributed by atoms with Crippen molar-refractivity contribution in [1.29, 1.82) is 0 Å². The van der Waals surface area contributed by atoms with Gasteiger partial charge in [0.15, 0.2) is 12.7 Å². The van der Waals surface area contributed by atoms with E-state index in [0.29, 0.717) is 11.4 Å². The van der Waals surface area contributed by atoms with Crippen LogP contribution < -0.4 is 15.8 Å². The van der Waals surface area contributed by atoms with Crippen LogP contribution in [0.2, 0.25) is 0 Å². The molecule has 0 aliphatic heterocycles. The first-order valence-electron chi connectivity index (χ1n) is 6.53. The van der Waals surface area contributed by atoms with Crippen molar-refractivity contribution in [3.63, 3.8) is 0 Å². The van der Waals surface area contributed by atoms with Crippen LogP contribution in [0, 0.1) is 0 Å². The number of amides is 1. The number of nitrogens with two attached hydrogens (primary N) is 1. The van der Waals surface area contributed by atoms with Crippen molar-refractivity contribution in [2.45, 2.75) is 31.9 Å². The van der Waals surface area contributed by atoms with E-state index in [2.05, 4.69) is 5.32 Å². The van der Waals surface area contributed by atoms with Gasteiger partial charge in [0.2, 0.25) is 0 Å². The second kappa shape index (κ2) is 6.27. The number of carbonyl (C=O) groups is 2. The molecule has 6 nitrogen and oxygen atoms in total. The maximum atomic E-state index is 11.6. The Kier molecular flexibility index (Phi) is 4.45. The first-order valence-corrected chi connectivity index (χ1v) is 6.53. The summed E-state index contributed by atoms with van der Waals surface area (Å²) >= 11 is 0. The van der Waals surface area contributed by atoms with Crippen LogP contribution >= 0.6 is 0 Å². The first kappa shape index (κ1) is 14.2. The molecule has 108 valence electrons. The maximum absolute atomic E-state index is 11.6. The standard InChI is InChI=1S/C14H18N2O4/c1-9(14(18)16-10-6-7-10)20-13(17)8-19-12-5-3-2-4-11(12)15/h2-5,9-10H,6-8,15H2,1H3,(H,16,18). The van der Waals surface area contributed by atoms with E-state index in [0.717, 1.165) is 12.8 Å². The summed E-state index contributed by atoms with van der Waals surface area (Å²) in [4.78, 5) is 23.2. The number of carbonyl (C=O) groups excluding carboxylic acids is 2. The molecule has 0 radical (unpaired) electrons. The summed E-state index contributed by atoms with van der Waals surface area (Å²) in [7, 11) is 0. The molecule has 1 atom stereocenters. The van der Waals surface area contributed by atoms with Crippen molar-refractivity contribution in [3.8, 4) is 5.75 Å². The average Bonchev–Trinajstić information content (AvgIpc) is 3.21. The zero-order valence-electron chi connectivity index (χ0n) is 11.3. The lowest BCUT2D eigenvalue weighted by Gasteiger charge is -2.14. The number of ether oxygens (including phenoxy) is 2. The number of rotatable bonds is 6. The van der Waals surface area contributed by atoms with E-state index in [-0.39, 0.29) is 18.6 Å². The van der Waals surface area contributed by atoms with Crippen LogP contribution in [0.25, 0.3) is 0 Å². The van der Waals surface area contributed by atoms with Gasteiger partial charge in [-0.25, -0.2) is 4.79 Å². The molecule has 0 bridgehead atoms. The third-order valence-corrected chi connectivity index (χ3v) is 2.87. The van der Waals surface area contributed by atoms with Gasteiger partial charge in [0, 0.05) is 6.04 Å². The molecule has 2 rings (SSSR count). The SMILES string of the molecule is CC(OC(=O)COc1ccccc1N)C(=O)NC1CC1. The molecule has 1 saturated carbocycles. The number of esters is 1. The lowest BCUT2D eigenvalue weighted by atomic mass is 10.3. The summed E-state index contributed by atoms with van der Waals surface area (Å²) < 4.78 is 10.2. The minimum atomic E-state index is -0.820. The Morgan fingerprint density at radius 2 is 2.10 bits per heavy atom. The fraction of sp³-hybridized carbons (Fsp3) is 0.429. The quantitative estimate of drug-likeness (QED) is 0.595. The van der Waals surface area contributed by atoms with Gasteiger partial charge in [0.1, 0.15) is 5.75 Å². The van der Waals surface area contributed by atoms with Gasteiger partial charge in [-0.15, -0.1) is 0 Å². The molecule has 20 heavy (non-hydrogen) atoms. The topological polar surface area (TPSA) is 90.7 Å². The summed E-state index contributed by atoms with van der Waals surface area (Å²) in [6.07, 6.45) is 1.16. The molecule has 0 aromatic heterocycles. The minimum absolute atomic E-state index is 0.240. The number of hydrogen-bond acceptors (Lipinski definition) is 5. The molecule has 0 heterocycles. The van der Waals surface area contributed by atoms with E-state index >= 15 is 0 Å². The molecule has 1 aromatic carbocycles. The Hall–Kier alpha value is -2.24. The minimum Gasteiger partial charge on any atom is -0.480 e. The number of hydrogen-bond donors (Lipinski definition) is 2. The lowest BCUT2D eigenvalue weighted by Crippen LogP contribution is -2.37. The number of nitrogen functional groups attached to an aromatic ring is 1. The van der Waals surface area contributed by atoms with Crippen molar-refractivity contribution in [2.24, 2.45) is 0 Å². The Labute approximate surface area is 117 Å². The van der Waals surface area contributed by atoms with E-state index in [1.165, 1.54) is 6.92 Å². The smallest absolute Gasteiger partial charge is 0.344 e. The highest BCUT2D eigenvalue weighted by molar-refractivity contribution is 5.84. The normalized spacial score (nSPS) is 15.2. The van der Waals surface area contributed by atoms with Gasteiger partial charge < -0.3 is 20.5 Å². The van der Waals surface area contributed by atoms with Gasteiger partial charge in [-0.3, -0.25) is 4.79 Å². The van der Waals surface area contributed by atoms with Crippen LogP contribution in [-0.2, 0) is 14.3 Å². The highest BCUT2D eigenvalue weighted by Crippen LogP contribution is 2.20. The molecule has 1 aliphatic carbocycles. The van der Waals surface area contributed by atoms with Gasteiger partial charge >= 0.3 is 5.97 Å². The van der Waals surface area contributed by atoms with Crippen LogP contribution in [-0.4, -0.2) is 30.6 Å². The predicted octanol–water partition coefficient (Wildman–Crippen LogP) is 0.858. The second-order valence-electron chi connectivity index (χ2n) is 4.74. The molecule has 1 amide bonds. The number of para-hydroxylation sites is 2. The molecular weight excluding hydrogens is 260 g/mol. The average molecular weight is 278 g/mol. The predicted molar refractivity (Wildman–Crippen MR) is 73.1 cm³/mol. The van der Waals surface area contributed by atoms with E-state index in [4.69, 9.17) is 15.2 Å². The number of nitrogens with one attached hydrogen (secondary N) is 1. The molecule has 1 aromatic rings. The third kappa shape index (κ3) is 4.15. The lowest BCUT2D eigenvalue weighted by molar-refractivity contribution is -0.156. The Morgan fingerprint density at radius 3 is 2.75 bits per heavy atom. The fourth-order valence-electron chi connectivity index (χ4n) is 1.58. The van der Waals surface area contributed by atoms with Gasteiger partial charge in [0.25, 0.3) is 5.91 Å². The largest absolute Gasteiger partial charge is 0.480 e. The second-order valence-corrected chi connectivity index (χ2v) is 4.74. The molecule has 3 N–H and O–H groups in total. The van der Waals surface area contributed by atoms with Gasteiger partial charge in [0.05, 0.1) is 5.69 Å². The molecule has 0 saturated heterocycles.